The van der Waals surface area contributed by atoms with Crippen molar-refractivity contribution in [2.24, 2.45) is 11.3 Å². The zero-order chi connectivity index (χ0) is 14.2. The summed E-state index contributed by atoms with van der Waals surface area (Å²) in [5.41, 5.74) is 5.05. The molecule has 0 aromatic heterocycles. The molecule has 0 heterocycles. The molecule has 0 aliphatic heterocycles. The lowest BCUT2D eigenvalue weighted by molar-refractivity contribution is 0.0935. The average Bonchev–Trinajstić information content (AvgIpc) is 3.12. The number of nitrogen functional groups attached to an aromatic ring is 1. The number of anilines is 1. The third kappa shape index (κ3) is 2.69. The second-order valence-electron chi connectivity index (χ2n) is 5.55. The first-order valence-electron chi connectivity index (χ1n) is 6.38. The van der Waals surface area contributed by atoms with Gasteiger partial charge in [-0.25, -0.2) is 8.78 Å². The minimum absolute atomic E-state index is 0.137. The number of nitrogens with one attached hydrogen (secondary N) is 1. The number of benzene rings is 1. The standard InChI is InChI=1S/C14H18F2N2O/c1-8(2)14(3-4-14)7-18-13(19)9-5-12(17)11(16)6-10(9)15/h5-6,8H,3-4,7,17H2,1-2H3,(H,18,19). The molecule has 0 spiro atoms. The summed E-state index contributed by atoms with van der Waals surface area (Å²) in [5.74, 6) is -1.82. The maximum atomic E-state index is 13.5. The minimum Gasteiger partial charge on any atom is -0.396 e. The van der Waals surface area contributed by atoms with Crippen molar-refractivity contribution >= 4 is 11.6 Å². The van der Waals surface area contributed by atoms with E-state index in [1.165, 1.54) is 0 Å². The van der Waals surface area contributed by atoms with Crippen molar-refractivity contribution in [2.45, 2.75) is 26.7 Å². The van der Waals surface area contributed by atoms with Crippen molar-refractivity contribution < 1.29 is 13.6 Å². The van der Waals surface area contributed by atoms with Crippen LogP contribution < -0.4 is 11.1 Å². The van der Waals surface area contributed by atoms with E-state index in [4.69, 9.17) is 5.73 Å². The largest absolute Gasteiger partial charge is 0.396 e. The third-order valence-electron chi connectivity index (χ3n) is 4.05. The fourth-order valence-corrected chi connectivity index (χ4v) is 2.21. The minimum atomic E-state index is -0.890. The highest BCUT2D eigenvalue weighted by Crippen LogP contribution is 2.51. The SMILES string of the molecule is CC(C)C1(CNC(=O)c2cc(N)c(F)cc2F)CC1. The Morgan fingerprint density at radius 3 is 2.53 bits per heavy atom. The van der Waals surface area contributed by atoms with Crippen LogP contribution in [0.1, 0.15) is 37.0 Å². The van der Waals surface area contributed by atoms with Crippen LogP contribution in [0.2, 0.25) is 0 Å². The summed E-state index contributed by atoms with van der Waals surface area (Å²) < 4.78 is 26.5. The number of amides is 1. The topological polar surface area (TPSA) is 55.1 Å². The first kappa shape index (κ1) is 13.8. The predicted octanol–water partition coefficient (Wildman–Crippen LogP) is 2.71. The van der Waals surface area contributed by atoms with Crippen LogP contribution in [0.4, 0.5) is 14.5 Å². The second kappa shape index (κ2) is 4.79. The molecule has 3 N–H and O–H groups in total. The first-order chi connectivity index (χ1) is 8.85. The van der Waals surface area contributed by atoms with Gasteiger partial charge in [-0.3, -0.25) is 4.79 Å². The average molecular weight is 268 g/mol. The molecule has 104 valence electrons. The summed E-state index contributed by atoms with van der Waals surface area (Å²) in [4.78, 5) is 11.9. The molecule has 3 nitrogen and oxygen atoms in total. The zero-order valence-electron chi connectivity index (χ0n) is 11.1. The van der Waals surface area contributed by atoms with Gasteiger partial charge < -0.3 is 11.1 Å². The Bertz CT molecular complexity index is 510. The summed E-state index contributed by atoms with van der Waals surface area (Å²) in [6.45, 7) is 4.73. The quantitative estimate of drug-likeness (QED) is 0.825. The number of nitrogens with two attached hydrogens (primary N) is 1. The number of carbonyl (C=O) groups excluding carboxylic acids is 1. The lowest BCUT2D eigenvalue weighted by Crippen LogP contribution is -2.33. The number of hydrogen-bond donors (Lipinski definition) is 2. The maximum Gasteiger partial charge on any atom is 0.254 e. The highest BCUT2D eigenvalue weighted by Gasteiger charge is 2.45. The Morgan fingerprint density at radius 2 is 2.00 bits per heavy atom. The fraction of sp³-hybridized carbons (Fsp3) is 0.500. The molecule has 0 saturated heterocycles. The van der Waals surface area contributed by atoms with Crippen molar-refractivity contribution in [3.8, 4) is 0 Å². The molecular weight excluding hydrogens is 250 g/mol. The van der Waals surface area contributed by atoms with Crippen molar-refractivity contribution in [2.75, 3.05) is 12.3 Å². The molecule has 5 heteroatoms. The first-order valence-corrected chi connectivity index (χ1v) is 6.38. The number of halogens is 2. The van der Waals surface area contributed by atoms with Crippen molar-refractivity contribution in [3.63, 3.8) is 0 Å². The summed E-state index contributed by atoms with van der Waals surface area (Å²) in [5, 5.41) is 2.71. The van der Waals surface area contributed by atoms with Gasteiger partial charge >= 0.3 is 0 Å². The fourth-order valence-electron chi connectivity index (χ4n) is 2.21. The molecule has 0 bridgehead atoms. The molecule has 0 unspecified atom stereocenters. The molecule has 1 aromatic carbocycles. The van der Waals surface area contributed by atoms with E-state index in [1.807, 2.05) is 0 Å². The summed E-state index contributed by atoms with van der Waals surface area (Å²) in [6.07, 6.45) is 2.14. The van der Waals surface area contributed by atoms with Gasteiger partial charge in [-0.05, 0) is 30.2 Å². The number of carbonyl (C=O) groups is 1. The van der Waals surface area contributed by atoms with Gasteiger partial charge in [0.25, 0.3) is 5.91 Å². The van der Waals surface area contributed by atoms with Crippen LogP contribution in [0.15, 0.2) is 12.1 Å². The molecule has 1 saturated carbocycles. The molecule has 1 aliphatic rings. The van der Waals surface area contributed by atoms with Gasteiger partial charge in [-0.15, -0.1) is 0 Å². The highest BCUT2D eigenvalue weighted by molar-refractivity contribution is 5.95. The van der Waals surface area contributed by atoms with Crippen LogP contribution in [0.25, 0.3) is 0 Å². The lowest BCUT2D eigenvalue weighted by Gasteiger charge is -2.20. The molecule has 1 aliphatic carbocycles. The summed E-state index contributed by atoms with van der Waals surface area (Å²) >= 11 is 0. The van der Waals surface area contributed by atoms with E-state index in [2.05, 4.69) is 19.2 Å². The van der Waals surface area contributed by atoms with E-state index in [1.54, 1.807) is 0 Å². The Kier molecular flexibility index (Phi) is 3.47. The van der Waals surface area contributed by atoms with Gasteiger partial charge in [0.2, 0.25) is 0 Å². The van der Waals surface area contributed by atoms with Gasteiger partial charge in [-0.2, -0.15) is 0 Å². The predicted molar refractivity (Wildman–Crippen MR) is 69.6 cm³/mol. The Hall–Kier alpha value is -1.65. The summed E-state index contributed by atoms with van der Waals surface area (Å²) in [6, 6.07) is 1.68. The van der Waals surface area contributed by atoms with Crippen LogP contribution in [0.3, 0.4) is 0 Å². The summed E-state index contributed by atoms with van der Waals surface area (Å²) in [7, 11) is 0. The van der Waals surface area contributed by atoms with Crippen LogP contribution >= 0.6 is 0 Å². The van der Waals surface area contributed by atoms with Gasteiger partial charge in [0.1, 0.15) is 11.6 Å². The van der Waals surface area contributed by atoms with E-state index in [-0.39, 0.29) is 16.7 Å². The molecule has 2 rings (SSSR count). The molecule has 19 heavy (non-hydrogen) atoms. The van der Waals surface area contributed by atoms with Crippen LogP contribution in [-0.4, -0.2) is 12.5 Å². The maximum absolute atomic E-state index is 13.5. The lowest BCUT2D eigenvalue weighted by atomic mass is 9.92. The molecule has 0 radical (unpaired) electrons. The van der Waals surface area contributed by atoms with E-state index in [0.29, 0.717) is 18.5 Å². The normalized spacial score (nSPS) is 16.5. The van der Waals surface area contributed by atoms with Crippen LogP contribution in [0, 0.1) is 23.0 Å². The van der Waals surface area contributed by atoms with Gasteiger partial charge in [0, 0.05) is 12.6 Å². The van der Waals surface area contributed by atoms with Gasteiger partial charge in [0.05, 0.1) is 11.3 Å². The number of rotatable bonds is 4. The van der Waals surface area contributed by atoms with Gasteiger partial charge in [0.15, 0.2) is 0 Å². The number of hydrogen-bond acceptors (Lipinski definition) is 2. The Morgan fingerprint density at radius 1 is 1.37 bits per heavy atom. The van der Waals surface area contributed by atoms with Crippen molar-refractivity contribution in [1.82, 2.24) is 5.32 Å². The molecule has 1 amide bonds. The van der Waals surface area contributed by atoms with Crippen LogP contribution in [-0.2, 0) is 0 Å². The third-order valence-corrected chi connectivity index (χ3v) is 4.05. The monoisotopic (exact) mass is 268 g/mol. The molecule has 1 aromatic rings. The Labute approximate surface area is 111 Å². The van der Waals surface area contributed by atoms with E-state index in [0.717, 1.165) is 18.9 Å². The van der Waals surface area contributed by atoms with Gasteiger partial charge in [-0.1, -0.05) is 13.8 Å². The zero-order valence-corrected chi connectivity index (χ0v) is 11.1. The van der Waals surface area contributed by atoms with Crippen molar-refractivity contribution in [3.05, 3.63) is 29.3 Å². The molecular formula is C14H18F2N2O. The second-order valence-corrected chi connectivity index (χ2v) is 5.55. The molecule has 1 fully saturated rings. The smallest absolute Gasteiger partial charge is 0.254 e. The van der Waals surface area contributed by atoms with E-state index in [9.17, 15) is 13.6 Å². The van der Waals surface area contributed by atoms with Crippen molar-refractivity contribution in [1.29, 1.82) is 0 Å². The molecule has 0 atom stereocenters. The van der Waals surface area contributed by atoms with Crippen LogP contribution in [0.5, 0.6) is 0 Å². The Balaban J connectivity index is 2.07. The van der Waals surface area contributed by atoms with E-state index < -0.39 is 17.5 Å². The highest BCUT2D eigenvalue weighted by atomic mass is 19.1. The van der Waals surface area contributed by atoms with E-state index >= 15 is 0 Å².